The fourth-order valence-electron chi connectivity index (χ4n) is 2.12. The van der Waals surface area contributed by atoms with Crippen molar-refractivity contribution >= 4 is 29.3 Å². The molecule has 0 saturated heterocycles. The van der Waals surface area contributed by atoms with Crippen LogP contribution in [0, 0.1) is 20.8 Å². The van der Waals surface area contributed by atoms with Gasteiger partial charge in [0.05, 0.1) is 0 Å². The van der Waals surface area contributed by atoms with Crippen LogP contribution in [0.1, 0.15) is 22.3 Å². The normalized spacial score (nSPS) is 10.9. The lowest BCUT2D eigenvalue weighted by molar-refractivity contribution is -0.111. The molecule has 0 fully saturated rings. The summed E-state index contributed by atoms with van der Waals surface area (Å²) in [5, 5.41) is 3.65. The first-order valence-electron chi connectivity index (χ1n) is 6.79. The maximum Gasteiger partial charge on any atom is 0.248 e. The van der Waals surface area contributed by atoms with Crippen LogP contribution in [0.5, 0.6) is 0 Å². The van der Waals surface area contributed by atoms with Crippen LogP contribution in [0.15, 0.2) is 42.5 Å². The zero-order valence-electron chi connectivity index (χ0n) is 12.4. The van der Waals surface area contributed by atoms with Crippen molar-refractivity contribution in [1.29, 1.82) is 0 Å². The Morgan fingerprint density at radius 3 is 2.33 bits per heavy atom. The number of hydrogen-bond donors (Lipinski definition) is 1. The number of para-hydroxylation sites is 1. The Kier molecular flexibility index (Phi) is 4.81. The molecule has 1 N–H and O–H groups in total. The minimum absolute atomic E-state index is 0.139. The topological polar surface area (TPSA) is 29.1 Å². The first kappa shape index (κ1) is 15.3. The molecule has 0 radical (unpaired) electrons. The first-order valence-corrected chi connectivity index (χ1v) is 7.16. The van der Waals surface area contributed by atoms with E-state index < -0.39 is 0 Å². The van der Waals surface area contributed by atoms with Gasteiger partial charge in [-0.25, -0.2) is 0 Å². The number of hydrogen-bond acceptors (Lipinski definition) is 1. The Morgan fingerprint density at radius 1 is 1.05 bits per heavy atom. The number of carbonyl (C=O) groups is 1. The number of carbonyl (C=O) groups excluding carboxylic acids is 1. The summed E-state index contributed by atoms with van der Waals surface area (Å²) < 4.78 is 0. The average Bonchev–Trinajstić information content (AvgIpc) is 2.44. The minimum Gasteiger partial charge on any atom is -0.322 e. The second kappa shape index (κ2) is 6.59. The highest BCUT2D eigenvalue weighted by Crippen LogP contribution is 2.20. The third kappa shape index (κ3) is 3.96. The van der Waals surface area contributed by atoms with E-state index in [-0.39, 0.29) is 5.91 Å². The van der Waals surface area contributed by atoms with E-state index in [9.17, 15) is 4.79 Å². The Balaban J connectivity index is 2.11. The molecule has 2 aromatic rings. The maximum atomic E-state index is 12.0. The van der Waals surface area contributed by atoms with Gasteiger partial charge in [-0.1, -0.05) is 41.9 Å². The molecule has 0 bridgehead atoms. The van der Waals surface area contributed by atoms with Crippen molar-refractivity contribution in [3.8, 4) is 0 Å². The van der Waals surface area contributed by atoms with Gasteiger partial charge in [-0.3, -0.25) is 4.79 Å². The molecule has 0 aliphatic rings. The molecule has 0 atom stereocenters. The standard InChI is InChI=1S/C18H18ClNO/c1-12-5-4-6-13(2)18(12)20-17(21)10-8-15-7-9-16(19)14(3)11-15/h4-11H,1-3H3,(H,20,21). The van der Waals surface area contributed by atoms with Crippen molar-refractivity contribution in [1.82, 2.24) is 0 Å². The van der Waals surface area contributed by atoms with E-state index in [2.05, 4.69) is 5.32 Å². The van der Waals surface area contributed by atoms with Gasteiger partial charge in [0.2, 0.25) is 5.91 Å². The van der Waals surface area contributed by atoms with Crippen molar-refractivity contribution in [3.05, 3.63) is 69.8 Å². The van der Waals surface area contributed by atoms with E-state index in [1.54, 1.807) is 6.08 Å². The number of anilines is 1. The predicted molar refractivity (Wildman–Crippen MR) is 89.8 cm³/mol. The SMILES string of the molecule is Cc1cc(C=CC(=O)Nc2c(C)cccc2C)ccc1Cl. The number of nitrogens with one attached hydrogen (secondary N) is 1. The monoisotopic (exact) mass is 299 g/mol. The quantitative estimate of drug-likeness (QED) is 0.801. The van der Waals surface area contributed by atoms with E-state index >= 15 is 0 Å². The molecule has 0 saturated carbocycles. The van der Waals surface area contributed by atoms with E-state index in [1.807, 2.05) is 57.2 Å². The summed E-state index contributed by atoms with van der Waals surface area (Å²) in [5.74, 6) is -0.139. The molecule has 108 valence electrons. The van der Waals surface area contributed by atoms with Crippen LogP contribution in [-0.2, 0) is 4.79 Å². The molecule has 21 heavy (non-hydrogen) atoms. The van der Waals surface area contributed by atoms with E-state index in [0.717, 1.165) is 33.0 Å². The molecular formula is C18H18ClNO. The van der Waals surface area contributed by atoms with Crippen LogP contribution in [0.2, 0.25) is 5.02 Å². The molecule has 2 rings (SSSR count). The molecular weight excluding hydrogens is 282 g/mol. The zero-order chi connectivity index (χ0) is 15.4. The fourth-order valence-corrected chi connectivity index (χ4v) is 2.24. The van der Waals surface area contributed by atoms with Crippen LogP contribution in [0.3, 0.4) is 0 Å². The van der Waals surface area contributed by atoms with Gasteiger partial charge in [-0.15, -0.1) is 0 Å². The second-order valence-corrected chi connectivity index (χ2v) is 5.51. The lowest BCUT2D eigenvalue weighted by Crippen LogP contribution is -2.10. The smallest absolute Gasteiger partial charge is 0.248 e. The third-order valence-electron chi connectivity index (χ3n) is 3.34. The molecule has 0 aliphatic carbocycles. The molecule has 3 heteroatoms. The Labute approximate surface area is 130 Å². The molecule has 0 aromatic heterocycles. The van der Waals surface area contributed by atoms with Crippen molar-refractivity contribution < 1.29 is 4.79 Å². The molecule has 0 spiro atoms. The molecule has 2 aromatic carbocycles. The van der Waals surface area contributed by atoms with Crippen molar-refractivity contribution in [2.75, 3.05) is 5.32 Å². The molecule has 1 amide bonds. The molecule has 2 nitrogen and oxygen atoms in total. The van der Waals surface area contributed by atoms with Gasteiger partial charge >= 0.3 is 0 Å². The highest BCUT2D eigenvalue weighted by molar-refractivity contribution is 6.31. The number of benzene rings is 2. The largest absolute Gasteiger partial charge is 0.322 e. The van der Waals surface area contributed by atoms with Crippen LogP contribution >= 0.6 is 11.6 Å². The third-order valence-corrected chi connectivity index (χ3v) is 3.76. The second-order valence-electron chi connectivity index (χ2n) is 5.10. The van der Waals surface area contributed by atoms with Crippen LogP contribution in [-0.4, -0.2) is 5.91 Å². The lowest BCUT2D eigenvalue weighted by atomic mass is 10.1. The summed E-state index contributed by atoms with van der Waals surface area (Å²) in [5.41, 5.74) is 4.93. The van der Waals surface area contributed by atoms with Crippen LogP contribution < -0.4 is 5.32 Å². The zero-order valence-corrected chi connectivity index (χ0v) is 13.2. The highest BCUT2D eigenvalue weighted by Gasteiger charge is 2.04. The number of amides is 1. The molecule has 0 unspecified atom stereocenters. The van der Waals surface area contributed by atoms with Crippen LogP contribution in [0.25, 0.3) is 6.08 Å². The van der Waals surface area contributed by atoms with Crippen molar-refractivity contribution in [2.24, 2.45) is 0 Å². The molecule has 0 aliphatic heterocycles. The number of halogens is 1. The highest BCUT2D eigenvalue weighted by atomic mass is 35.5. The summed E-state index contributed by atoms with van der Waals surface area (Å²) in [7, 11) is 0. The maximum absolute atomic E-state index is 12.0. The van der Waals surface area contributed by atoms with E-state index in [4.69, 9.17) is 11.6 Å². The fraction of sp³-hybridized carbons (Fsp3) is 0.167. The van der Waals surface area contributed by atoms with Gasteiger partial charge in [0.25, 0.3) is 0 Å². The van der Waals surface area contributed by atoms with E-state index in [1.165, 1.54) is 6.08 Å². The van der Waals surface area contributed by atoms with Crippen molar-refractivity contribution in [3.63, 3.8) is 0 Å². The minimum atomic E-state index is -0.139. The van der Waals surface area contributed by atoms with Crippen LogP contribution in [0.4, 0.5) is 5.69 Å². The summed E-state index contributed by atoms with van der Waals surface area (Å²) >= 11 is 5.98. The lowest BCUT2D eigenvalue weighted by Gasteiger charge is -2.09. The van der Waals surface area contributed by atoms with Gasteiger partial charge in [0.1, 0.15) is 0 Å². The van der Waals surface area contributed by atoms with Gasteiger partial charge < -0.3 is 5.32 Å². The predicted octanol–water partition coefficient (Wildman–Crippen LogP) is 4.92. The van der Waals surface area contributed by atoms with Gasteiger partial charge in [0.15, 0.2) is 0 Å². The molecule has 0 heterocycles. The van der Waals surface area contributed by atoms with Gasteiger partial charge in [-0.2, -0.15) is 0 Å². The van der Waals surface area contributed by atoms with E-state index in [0.29, 0.717) is 0 Å². The summed E-state index contributed by atoms with van der Waals surface area (Å²) in [6.07, 6.45) is 3.32. The first-order chi connectivity index (χ1) is 9.97. The number of aryl methyl sites for hydroxylation is 3. The Morgan fingerprint density at radius 2 is 1.71 bits per heavy atom. The average molecular weight is 300 g/mol. The summed E-state index contributed by atoms with van der Waals surface area (Å²) in [6.45, 7) is 5.90. The summed E-state index contributed by atoms with van der Waals surface area (Å²) in [4.78, 5) is 12.0. The van der Waals surface area contributed by atoms with Gasteiger partial charge in [0, 0.05) is 16.8 Å². The Bertz CT molecular complexity index is 684. The Hall–Kier alpha value is -2.06. The number of rotatable bonds is 3. The van der Waals surface area contributed by atoms with Crippen molar-refractivity contribution in [2.45, 2.75) is 20.8 Å². The summed E-state index contributed by atoms with van der Waals surface area (Å²) in [6, 6.07) is 11.6. The van der Waals surface area contributed by atoms with Gasteiger partial charge in [-0.05, 0) is 55.2 Å².